The van der Waals surface area contributed by atoms with Crippen LogP contribution in [0.4, 0.5) is 0 Å². The predicted octanol–water partition coefficient (Wildman–Crippen LogP) is 1.73. The maximum atomic E-state index is 12.6. The molecule has 0 aromatic carbocycles. The molecule has 0 spiro atoms. The van der Waals surface area contributed by atoms with Crippen LogP contribution in [0, 0.1) is 5.92 Å². The number of nitrogens with zero attached hydrogens (tertiary/aromatic N) is 1. The van der Waals surface area contributed by atoms with Crippen molar-refractivity contribution < 1.29 is 17.9 Å². The minimum absolute atomic E-state index is 0.0379. The summed E-state index contributed by atoms with van der Waals surface area (Å²) >= 11 is 0. The van der Waals surface area contributed by atoms with Crippen LogP contribution in [0.2, 0.25) is 0 Å². The van der Waals surface area contributed by atoms with Crippen LogP contribution in [-0.2, 0) is 16.6 Å². The predicted molar refractivity (Wildman–Crippen MR) is 68.9 cm³/mol. The molecule has 3 rings (SSSR count). The molecule has 19 heavy (non-hydrogen) atoms. The molecule has 0 amide bonds. The molecule has 2 aliphatic rings. The summed E-state index contributed by atoms with van der Waals surface area (Å²) in [5.41, 5.74) is 0. The Morgan fingerprint density at radius 3 is 2.79 bits per heavy atom. The number of furan rings is 1. The van der Waals surface area contributed by atoms with Crippen molar-refractivity contribution in [2.75, 3.05) is 6.54 Å². The highest BCUT2D eigenvalue weighted by molar-refractivity contribution is 7.89. The summed E-state index contributed by atoms with van der Waals surface area (Å²) in [7, 11) is -3.55. The number of hydrogen-bond donors (Lipinski definition) is 1. The van der Waals surface area contributed by atoms with Crippen molar-refractivity contribution >= 4 is 10.0 Å². The normalized spacial score (nSPS) is 28.5. The van der Waals surface area contributed by atoms with Gasteiger partial charge >= 0.3 is 0 Å². The van der Waals surface area contributed by atoms with Crippen molar-refractivity contribution in [3.05, 3.63) is 17.9 Å². The lowest BCUT2D eigenvalue weighted by molar-refractivity contribution is 0.195. The highest BCUT2D eigenvalue weighted by Gasteiger charge is 2.42. The monoisotopic (exact) mass is 285 g/mol. The molecule has 1 aromatic rings. The summed E-state index contributed by atoms with van der Waals surface area (Å²) in [6, 6.07) is 3.10. The third-order valence-electron chi connectivity index (χ3n) is 4.30. The highest BCUT2D eigenvalue weighted by atomic mass is 32.2. The van der Waals surface area contributed by atoms with Crippen molar-refractivity contribution in [2.45, 2.75) is 49.8 Å². The van der Waals surface area contributed by atoms with Crippen LogP contribution in [0.3, 0.4) is 0 Å². The van der Waals surface area contributed by atoms with Gasteiger partial charge in [0.15, 0.2) is 0 Å². The Kier molecular flexibility index (Phi) is 3.41. The topological polar surface area (TPSA) is 70.8 Å². The van der Waals surface area contributed by atoms with Crippen molar-refractivity contribution in [2.24, 2.45) is 5.92 Å². The standard InChI is InChI=1S/C13H19NO4S/c15-9-11-6-7-13(18-11)19(16,17)14-8-2-4-10-3-1-5-12(10)14/h6-7,10,12,15H,1-5,8-9H2. The van der Waals surface area contributed by atoms with E-state index in [4.69, 9.17) is 9.52 Å². The van der Waals surface area contributed by atoms with Crippen molar-refractivity contribution in [3.8, 4) is 0 Å². The van der Waals surface area contributed by atoms with E-state index in [1.54, 1.807) is 4.31 Å². The zero-order valence-corrected chi connectivity index (χ0v) is 11.6. The maximum absolute atomic E-state index is 12.6. The summed E-state index contributed by atoms with van der Waals surface area (Å²) in [5, 5.41) is 8.94. The summed E-state index contributed by atoms with van der Waals surface area (Å²) < 4.78 is 32.1. The number of hydrogen-bond acceptors (Lipinski definition) is 4. The average molecular weight is 285 g/mol. The Hall–Kier alpha value is -0.850. The van der Waals surface area contributed by atoms with Gasteiger partial charge in [0, 0.05) is 12.6 Å². The Balaban J connectivity index is 1.90. The number of aliphatic hydroxyl groups is 1. The molecular formula is C13H19NO4S. The van der Waals surface area contributed by atoms with Crippen LogP contribution in [0.15, 0.2) is 21.6 Å². The van der Waals surface area contributed by atoms with E-state index in [0.717, 1.165) is 32.1 Å². The van der Waals surface area contributed by atoms with Gasteiger partial charge in [0.05, 0.1) is 0 Å². The third-order valence-corrected chi connectivity index (χ3v) is 6.10. The van der Waals surface area contributed by atoms with E-state index in [1.807, 2.05) is 0 Å². The van der Waals surface area contributed by atoms with E-state index in [0.29, 0.717) is 18.2 Å². The SMILES string of the molecule is O=S(=O)(c1ccc(CO)o1)N1CCCC2CCCC21. The lowest BCUT2D eigenvalue weighted by Gasteiger charge is -2.35. The van der Waals surface area contributed by atoms with Gasteiger partial charge in [-0.25, -0.2) is 8.42 Å². The maximum Gasteiger partial charge on any atom is 0.276 e. The van der Waals surface area contributed by atoms with E-state index < -0.39 is 10.0 Å². The van der Waals surface area contributed by atoms with Gasteiger partial charge in [-0.15, -0.1) is 0 Å². The number of aliphatic hydroxyl groups excluding tert-OH is 1. The second kappa shape index (κ2) is 4.92. The van der Waals surface area contributed by atoms with Crippen molar-refractivity contribution in [3.63, 3.8) is 0 Å². The highest BCUT2D eigenvalue weighted by Crippen LogP contribution is 2.39. The van der Waals surface area contributed by atoms with Crippen LogP contribution in [0.5, 0.6) is 0 Å². The quantitative estimate of drug-likeness (QED) is 0.918. The summed E-state index contributed by atoms with van der Waals surface area (Å²) in [6.07, 6.45) is 5.26. The molecule has 5 nitrogen and oxygen atoms in total. The molecule has 1 aliphatic carbocycles. The van der Waals surface area contributed by atoms with Crippen LogP contribution in [-0.4, -0.2) is 30.4 Å². The molecule has 1 aromatic heterocycles. The minimum atomic E-state index is -3.55. The van der Waals surface area contributed by atoms with Gasteiger partial charge in [-0.05, 0) is 43.7 Å². The zero-order valence-electron chi connectivity index (χ0n) is 10.8. The lowest BCUT2D eigenvalue weighted by Crippen LogP contribution is -2.45. The molecule has 1 aliphatic heterocycles. The van der Waals surface area contributed by atoms with Crippen LogP contribution in [0.1, 0.15) is 37.9 Å². The van der Waals surface area contributed by atoms with Gasteiger partial charge in [0.25, 0.3) is 10.0 Å². The largest absolute Gasteiger partial charge is 0.446 e. The zero-order chi connectivity index (χ0) is 13.5. The number of sulfonamides is 1. The van der Waals surface area contributed by atoms with Gasteiger partial charge in [0.1, 0.15) is 12.4 Å². The first-order valence-corrected chi connectivity index (χ1v) is 8.28. The van der Waals surface area contributed by atoms with E-state index in [-0.39, 0.29) is 17.7 Å². The van der Waals surface area contributed by atoms with Crippen LogP contribution in [0.25, 0.3) is 0 Å². The Morgan fingerprint density at radius 2 is 2.05 bits per heavy atom. The van der Waals surface area contributed by atoms with Crippen LogP contribution < -0.4 is 0 Å². The Bertz CT molecular complexity index is 551. The summed E-state index contributed by atoms with van der Waals surface area (Å²) in [6.45, 7) is 0.306. The molecule has 1 saturated heterocycles. The second-order valence-corrected chi connectivity index (χ2v) is 7.22. The molecule has 1 saturated carbocycles. The fourth-order valence-electron chi connectivity index (χ4n) is 3.40. The fourth-order valence-corrected chi connectivity index (χ4v) is 5.09. The van der Waals surface area contributed by atoms with E-state index >= 15 is 0 Å². The number of fused-ring (bicyclic) bond motifs is 1. The first kappa shape index (κ1) is 13.1. The number of piperidine rings is 1. The molecule has 106 valence electrons. The van der Waals surface area contributed by atoms with Gasteiger partial charge in [0.2, 0.25) is 5.09 Å². The van der Waals surface area contributed by atoms with Gasteiger partial charge < -0.3 is 9.52 Å². The van der Waals surface area contributed by atoms with Crippen LogP contribution >= 0.6 is 0 Å². The molecule has 2 fully saturated rings. The molecule has 2 heterocycles. The van der Waals surface area contributed by atoms with E-state index in [9.17, 15) is 8.42 Å². The summed E-state index contributed by atoms with van der Waals surface area (Å²) in [5.74, 6) is 0.800. The fraction of sp³-hybridized carbons (Fsp3) is 0.692. The second-order valence-electron chi connectivity index (χ2n) is 5.40. The molecule has 2 atom stereocenters. The minimum Gasteiger partial charge on any atom is -0.446 e. The lowest BCUT2D eigenvalue weighted by atomic mass is 9.94. The van der Waals surface area contributed by atoms with E-state index in [2.05, 4.69) is 0 Å². The Morgan fingerprint density at radius 1 is 1.26 bits per heavy atom. The number of rotatable bonds is 3. The molecule has 0 bridgehead atoms. The van der Waals surface area contributed by atoms with Crippen molar-refractivity contribution in [1.29, 1.82) is 0 Å². The first-order chi connectivity index (χ1) is 9.13. The third kappa shape index (κ3) is 2.22. The molecule has 1 N–H and O–H groups in total. The Labute approximate surface area is 113 Å². The van der Waals surface area contributed by atoms with Gasteiger partial charge in [-0.1, -0.05) is 6.42 Å². The van der Waals surface area contributed by atoms with Crippen molar-refractivity contribution in [1.82, 2.24) is 4.31 Å². The average Bonchev–Trinajstić information content (AvgIpc) is 3.06. The van der Waals surface area contributed by atoms with Gasteiger partial charge in [-0.3, -0.25) is 0 Å². The smallest absolute Gasteiger partial charge is 0.276 e. The molecule has 0 radical (unpaired) electrons. The first-order valence-electron chi connectivity index (χ1n) is 6.84. The molecule has 2 unspecified atom stereocenters. The van der Waals surface area contributed by atoms with Gasteiger partial charge in [-0.2, -0.15) is 4.31 Å². The molecular weight excluding hydrogens is 266 g/mol. The molecule has 6 heteroatoms. The van der Waals surface area contributed by atoms with E-state index in [1.165, 1.54) is 12.1 Å². The summed E-state index contributed by atoms with van der Waals surface area (Å²) in [4.78, 5) is 0.